The molecule has 1 aliphatic heterocycles. The maximum Gasteiger partial charge on any atom is 0.222 e. The molecule has 0 unspecified atom stereocenters. The molecular weight excluding hydrogens is 381 g/mol. The molecule has 30 heavy (non-hydrogen) atoms. The minimum absolute atomic E-state index is 0.183. The summed E-state index contributed by atoms with van der Waals surface area (Å²) in [6.07, 6.45) is 2.53. The van der Waals surface area contributed by atoms with Gasteiger partial charge in [-0.25, -0.2) is 4.39 Å². The molecule has 1 aromatic heterocycles. The van der Waals surface area contributed by atoms with E-state index in [1.165, 1.54) is 12.1 Å². The van der Waals surface area contributed by atoms with Crippen molar-refractivity contribution in [3.63, 3.8) is 0 Å². The zero-order chi connectivity index (χ0) is 21.5. The maximum atomic E-state index is 13.1. The molecule has 0 bridgehead atoms. The van der Waals surface area contributed by atoms with Crippen LogP contribution in [0.4, 0.5) is 4.39 Å². The Balaban J connectivity index is 1.51. The number of nitriles is 1. The van der Waals surface area contributed by atoms with Gasteiger partial charge >= 0.3 is 0 Å². The van der Waals surface area contributed by atoms with E-state index >= 15 is 0 Å². The highest BCUT2D eigenvalue weighted by atomic mass is 19.1. The first kappa shape index (κ1) is 22.0. The molecule has 0 atom stereocenters. The van der Waals surface area contributed by atoms with Gasteiger partial charge < -0.3 is 4.90 Å². The van der Waals surface area contributed by atoms with Crippen LogP contribution in [0.3, 0.4) is 0 Å². The number of carbonyl (C=O) groups excluding carboxylic acids is 1. The summed E-state index contributed by atoms with van der Waals surface area (Å²) < 4.78 is 15.0. The Morgan fingerprint density at radius 2 is 1.93 bits per heavy atom. The lowest BCUT2D eigenvalue weighted by Crippen LogP contribution is -2.35. The molecule has 0 spiro atoms. The number of hydrogen-bond acceptors (Lipinski definition) is 4. The van der Waals surface area contributed by atoms with Gasteiger partial charge in [-0.15, -0.1) is 0 Å². The molecule has 7 heteroatoms. The third-order valence-corrected chi connectivity index (χ3v) is 5.82. The average Bonchev–Trinajstić information content (AvgIpc) is 2.88. The number of benzene rings is 1. The van der Waals surface area contributed by atoms with Gasteiger partial charge in [0.1, 0.15) is 5.82 Å². The van der Waals surface area contributed by atoms with Gasteiger partial charge in [0.2, 0.25) is 5.91 Å². The molecule has 0 aliphatic carbocycles. The van der Waals surface area contributed by atoms with Gasteiger partial charge in [-0.3, -0.25) is 14.4 Å². The van der Waals surface area contributed by atoms with Crippen molar-refractivity contribution in [1.82, 2.24) is 19.6 Å². The lowest BCUT2D eigenvalue weighted by molar-refractivity contribution is -0.131. The van der Waals surface area contributed by atoms with Gasteiger partial charge in [0.25, 0.3) is 0 Å². The van der Waals surface area contributed by atoms with Crippen molar-refractivity contribution in [3.05, 3.63) is 52.6 Å². The Hall–Kier alpha value is -2.72. The Morgan fingerprint density at radius 1 is 1.17 bits per heavy atom. The Bertz CT molecular complexity index is 900. The predicted octanol–water partition coefficient (Wildman–Crippen LogP) is 3.22. The predicted molar refractivity (Wildman–Crippen MR) is 113 cm³/mol. The van der Waals surface area contributed by atoms with Crippen molar-refractivity contribution in [1.29, 1.82) is 5.26 Å². The molecule has 0 N–H and O–H groups in total. The van der Waals surface area contributed by atoms with Crippen molar-refractivity contribution >= 4 is 5.91 Å². The minimum Gasteiger partial charge on any atom is -0.341 e. The summed E-state index contributed by atoms with van der Waals surface area (Å²) in [4.78, 5) is 17.1. The van der Waals surface area contributed by atoms with Crippen molar-refractivity contribution in [2.75, 3.05) is 26.2 Å². The monoisotopic (exact) mass is 411 g/mol. The Morgan fingerprint density at radius 3 is 2.67 bits per heavy atom. The van der Waals surface area contributed by atoms with Crippen molar-refractivity contribution in [3.8, 4) is 6.07 Å². The molecule has 2 aromatic rings. The van der Waals surface area contributed by atoms with E-state index in [0.717, 1.165) is 61.7 Å². The molecule has 1 aliphatic rings. The Kier molecular flexibility index (Phi) is 7.58. The third kappa shape index (κ3) is 5.67. The number of carbonyl (C=O) groups is 1. The van der Waals surface area contributed by atoms with Crippen LogP contribution in [0, 0.1) is 31.0 Å². The molecule has 1 saturated heterocycles. The fourth-order valence-electron chi connectivity index (χ4n) is 4.09. The van der Waals surface area contributed by atoms with Crippen LogP contribution in [-0.4, -0.2) is 51.7 Å². The van der Waals surface area contributed by atoms with Crippen molar-refractivity contribution in [2.45, 2.75) is 52.6 Å². The molecule has 0 saturated carbocycles. The highest BCUT2D eigenvalue weighted by molar-refractivity contribution is 5.76. The second-order valence-corrected chi connectivity index (χ2v) is 7.92. The first-order valence-corrected chi connectivity index (χ1v) is 10.6. The molecular formula is C23H30FN5O. The number of amides is 1. The van der Waals surface area contributed by atoms with Gasteiger partial charge in [0.15, 0.2) is 0 Å². The van der Waals surface area contributed by atoms with Gasteiger partial charge in [-0.05, 0) is 49.9 Å². The molecule has 0 radical (unpaired) electrons. The van der Waals surface area contributed by atoms with Crippen LogP contribution < -0.4 is 0 Å². The minimum atomic E-state index is -0.215. The number of nitrogens with zero attached hydrogens (tertiary/aromatic N) is 5. The van der Waals surface area contributed by atoms with Gasteiger partial charge in [0, 0.05) is 44.8 Å². The lowest BCUT2D eigenvalue weighted by atomic mass is 10.1. The van der Waals surface area contributed by atoms with Gasteiger partial charge in [0.05, 0.1) is 24.7 Å². The van der Waals surface area contributed by atoms with Crippen LogP contribution in [0.15, 0.2) is 24.3 Å². The summed E-state index contributed by atoms with van der Waals surface area (Å²) in [6, 6.07) is 8.79. The van der Waals surface area contributed by atoms with Crippen LogP contribution in [0.25, 0.3) is 0 Å². The lowest BCUT2D eigenvalue weighted by Gasteiger charge is -2.22. The smallest absolute Gasteiger partial charge is 0.222 e. The zero-order valence-electron chi connectivity index (χ0n) is 17.9. The molecule has 1 fully saturated rings. The van der Waals surface area contributed by atoms with Crippen LogP contribution in [0.5, 0.6) is 0 Å². The summed E-state index contributed by atoms with van der Waals surface area (Å²) in [5.41, 5.74) is 4.21. The molecule has 2 heterocycles. The molecule has 3 rings (SSSR count). The van der Waals surface area contributed by atoms with E-state index < -0.39 is 0 Å². The highest BCUT2D eigenvalue weighted by Gasteiger charge is 2.20. The molecule has 1 amide bonds. The molecule has 1 aromatic carbocycles. The van der Waals surface area contributed by atoms with Crippen LogP contribution in [0.1, 0.15) is 41.8 Å². The molecule has 6 nitrogen and oxygen atoms in total. The Labute approximate surface area is 177 Å². The second kappa shape index (κ2) is 10.4. The fourth-order valence-corrected chi connectivity index (χ4v) is 4.09. The zero-order valence-corrected chi connectivity index (χ0v) is 17.9. The number of aryl methyl sites for hydroxylation is 2. The largest absolute Gasteiger partial charge is 0.341 e. The normalized spacial score (nSPS) is 15.1. The number of rotatable bonds is 7. The summed E-state index contributed by atoms with van der Waals surface area (Å²) >= 11 is 0. The SMILES string of the molecule is Cc1nn(CCC#N)c(C)c1CCC(=O)N1CCCN(Cc2ccc(F)cc2)CC1. The first-order chi connectivity index (χ1) is 14.5. The fraction of sp³-hybridized carbons (Fsp3) is 0.522. The van der Waals surface area contributed by atoms with Gasteiger partial charge in [-0.2, -0.15) is 10.4 Å². The standard InChI is InChI=1S/C23H30FN5O/c1-18-22(19(2)29(26-18)14-3-11-25)9-10-23(30)28-13-4-12-27(15-16-28)17-20-5-7-21(24)8-6-20/h5-8H,3-4,9-10,12-17H2,1-2H3. The van der Waals surface area contributed by atoms with E-state index in [1.54, 1.807) is 0 Å². The van der Waals surface area contributed by atoms with Crippen LogP contribution >= 0.6 is 0 Å². The summed E-state index contributed by atoms with van der Waals surface area (Å²) in [6.45, 7) is 8.61. The van der Waals surface area contributed by atoms with Crippen LogP contribution in [0.2, 0.25) is 0 Å². The quantitative estimate of drug-likeness (QED) is 0.702. The highest BCUT2D eigenvalue weighted by Crippen LogP contribution is 2.17. The number of halogens is 1. The number of aromatic nitrogens is 2. The van der Waals surface area contributed by atoms with Crippen molar-refractivity contribution in [2.24, 2.45) is 0 Å². The van der Waals surface area contributed by atoms with E-state index in [1.807, 2.05) is 35.6 Å². The van der Waals surface area contributed by atoms with E-state index in [2.05, 4.69) is 16.1 Å². The van der Waals surface area contributed by atoms with Crippen molar-refractivity contribution < 1.29 is 9.18 Å². The summed E-state index contributed by atoms with van der Waals surface area (Å²) in [7, 11) is 0. The van der Waals surface area contributed by atoms with E-state index in [9.17, 15) is 9.18 Å². The van der Waals surface area contributed by atoms with E-state index in [-0.39, 0.29) is 11.7 Å². The van der Waals surface area contributed by atoms with Gasteiger partial charge in [-0.1, -0.05) is 12.1 Å². The maximum absolute atomic E-state index is 13.1. The molecule has 160 valence electrons. The van der Waals surface area contributed by atoms with Crippen LogP contribution in [-0.2, 0) is 24.3 Å². The average molecular weight is 412 g/mol. The number of hydrogen-bond donors (Lipinski definition) is 0. The van der Waals surface area contributed by atoms with E-state index in [0.29, 0.717) is 25.8 Å². The first-order valence-electron chi connectivity index (χ1n) is 10.6. The summed E-state index contributed by atoms with van der Waals surface area (Å²) in [5.74, 6) is -0.0327. The summed E-state index contributed by atoms with van der Waals surface area (Å²) in [5, 5.41) is 13.3. The van der Waals surface area contributed by atoms with E-state index in [4.69, 9.17) is 5.26 Å². The third-order valence-electron chi connectivity index (χ3n) is 5.82. The second-order valence-electron chi connectivity index (χ2n) is 7.92. The topological polar surface area (TPSA) is 65.2 Å².